The van der Waals surface area contributed by atoms with Crippen LogP contribution in [0.1, 0.15) is 27.2 Å². The monoisotopic (exact) mass is 258 g/mol. The fraction of sp³-hybridized carbons (Fsp3) is 0.833. The highest BCUT2D eigenvalue weighted by Gasteiger charge is 2.35. The van der Waals surface area contributed by atoms with Crippen LogP contribution in [0.2, 0.25) is 0 Å². The Bertz CT molecular complexity index is 325. The number of esters is 1. The van der Waals surface area contributed by atoms with Gasteiger partial charge in [-0.1, -0.05) is 0 Å². The number of amides is 1. The van der Waals surface area contributed by atoms with Crippen molar-refractivity contribution in [3.8, 4) is 0 Å². The van der Waals surface area contributed by atoms with E-state index in [1.807, 2.05) is 20.8 Å². The summed E-state index contributed by atoms with van der Waals surface area (Å²) in [4.78, 5) is 24.7. The summed E-state index contributed by atoms with van der Waals surface area (Å²) >= 11 is 0. The van der Waals surface area contributed by atoms with Crippen LogP contribution in [-0.2, 0) is 14.3 Å². The summed E-state index contributed by atoms with van der Waals surface area (Å²) in [7, 11) is 3.04. The summed E-state index contributed by atoms with van der Waals surface area (Å²) < 4.78 is 9.94. The molecule has 104 valence electrons. The largest absolute Gasteiger partial charge is 0.468 e. The van der Waals surface area contributed by atoms with Gasteiger partial charge in [-0.2, -0.15) is 0 Å². The van der Waals surface area contributed by atoms with Gasteiger partial charge in [0.15, 0.2) is 0 Å². The van der Waals surface area contributed by atoms with Gasteiger partial charge in [-0.05, 0) is 27.2 Å². The van der Waals surface area contributed by atoms with Crippen molar-refractivity contribution in [3.63, 3.8) is 0 Å². The molecule has 0 saturated carbocycles. The smallest absolute Gasteiger partial charge is 0.410 e. The summed E-state index contributed by atoms with van der Waals surface area (Å²) in [6.45, 7) is 6.03. The maximum atomic E-state index is 11.9. The molecule has 1 rings (SSSR count). The fourth-order valence-electron chi connectivity index (χ4n) is 1.82. The molecule has 6 nitrogen and oxygen atoms in total. The summed E-state index contributed by atoms with van der Waals surface area (Å²) in [6.07, 6.45) is 0.169. The third-order valence-electron chi connectivity index (χ3n) is 2.82. The van der Waals surface area contributed by atoms with Crippen LogP contribution in [0.5, 0.6) is 0 Å². The van der Waals surface area contributed by atoms with E-state index in [1.165, 1.54) is 12.0 Å². The summed E-state index contributed by atoms with van der Waals surface area (Å²) in [5, 5.41) is 3.03. The van der Waals surface area contributed by atoms with Crippen molar-refractivity contribution in [2.24, 2.45) is 0 Å². The Labute approximate surface area is 108 Å². The van der Waals surface area contributed by atoms with Crippen molar-refractivity contribution >= 4 is 12.1 Å². The number of likely N-dealkylation sites (N-methyl/N-ethyl adjacent to an activating group) is 1. The normalized spacial score (nSPS) is 23.6. The molecular formula is C12H22N2O4. The zero-order valence-corrected chi connectivity index (χ0v) is 11.6. The van der Waals surface area contributed by atoms with Crippen molar-refractivity contribution < 1.29 is 19.1 Å². The van der Waals surface area contributed by atoms with Crippen LogP contribution < -0.4 is 5.32 Å². The van der Waals surface area contributed by atoms with Gasteiger partial charge in [0.05, 0.1) is 7.11 Å². The lowest BCUT2D eigenvalue weighted by Gasteiger charge is -2.28. The number of nitrogens with one attached hydrogen (secondary N) is 1. The van der Waals surface area contributed by atoms with Crippen molar-refractivity contribution in [2.75, 3.05) is 20.7 Å². The molecule has 0 radical (unpaired) electrons. The molecule has 1 amide bonds. The Morgan fingerprint density at radius 2 is 1.94 bits per heavy atom. The predicted molar refractivity (Wildman–Crippen MR) is 66.2 cm³/mol. The number of rotatable bonds is 2. The minimum atomic E-state index is -0.515. The third-order valence-corrected chi connectivity index (χ3v) is 2.82. The molecule has 0 aromatic rings. The van der Waals surface area contributed by atoms with Crippen LogP contribution in [0, 0.1) is 0 Å². The van der Waals surface area contributed by atoms with Crippen LogP contribution in [-0.4, -0.2) is 55.3 Å². The van der Waals surface area contributed by atoms with E-state index < -0.39 is 5.60 Å². The molecule has 1 fully saturated rings. The second-order valence-electron chi connectivity index (χ2n) is 5.46. The topological polar surface area (TPSA) is 67.9 Å². The van der Waals surface area contributed by atoms with Gasteiger partial charge in [-0.25, -0.2) is 4.79 Å². The summed E-state index contributed by atoms with van der Waals surface area (Å²) in [6, 6.07) is -0.395. The second-order valence-corrected chi connectivity index (χ2v) is 5.46. The van der Waals surface area contributed by atoms with E-state index in [9.17, 15) is 9.59 Å². The van der Waals surface area contributed by atoms with Crippen molar-refractivity contribution in [3.05, 3.63) is 0 Å². The van der Waals surface area contributed by atoms with Crippen molar-refractivity contribution in [1.29, 1.82) is 0 Å². The van der Waals surface area contributed by atoms with E-state index in [1.54, 1.807) is 7.05 Å². The lowest BCUT2D eigenvalue weighted by molar-refractivity contribution is -0.142. The molecule has 1 aliphatic heterocycles. The first-order chi connectivity index (χ1) is 8.24. The molecule has 6 heteroatoms. The number of nitrogens with zero attached hydrogens (tertiary/aromatic N) is 1. The summed E-state index contributed by atoms with van der Waals surface area (Å²) in [5.41, 5.74) is -0.515. The van der Waals surface area contributed by atoms with Gasteiger partial charge < -0.3 is 19.7 Å². The van der Waals surface area contributed by atoms with Gasteiger partial charge in [0, 0.05) is 19.6 Å². The van der Waals surface area contributed by atoms with Crippen LogP contribution >= 0.6 is 0 Å². The lowest BCUT2D eigenvalue weighted by Crippen LogP contribution is -2.41. The summed E-state index contributed by atoms with van der Waals surface area (Å²) in [5.74, 6) is -0.296. The number of hydrogen-bond acceptors (Lipinski definition) is 5. The van der Waals surface area contributed by atoms with E-state index in [4.69, 9.17) is 4.74 Å². The van der Waals surface area contributed by atoms with Gasteiger partial charge in [0.2, 0.25) is 0 Å². The number of carbonyl (C=O) groups is 2. The van der Waals surface area contributed by atoms with E-state index in [-0.39, 0.29) is 24.1 Å². The quantitative estimate of drug-likeness (QED) is 0.740. The molecule has 2 atom stereocenters. The van der Waals surface area contributed by atoms with Gasteiger partial charge in [0.25, 0.3) is 0 Å². The van der Waals surface area contributed by atoms with Crippen LogP contribution in [0.3, 0.4) is 0 Å². The molecule has 0 spiro atoms. The van der Waals surface area contributed by atoms with Gasteiger partial charge in [-0.3, -0.25) is 4.79 Å². The molecule has 0 bridgehead atoms. The molecule has 1 saturated heterocycles. The SMILES string of the molecule is COC(=O)C1CC(N(C)C(=O)OC(C)(C)C)CN1. The molecule has 0 aromatic carbocycles. The maximum absolute atomic E-state index is 11.9. The van der Waals surface area contributed by atoms with Crippen molar-refractivity contribution in [1.82, 2.24) is 10.2 Å². The predicted octanol–water partition coefficient (Wildman–Crippen LogP) is 0.757. The minimum absolute atomic E-state index is 0.0519. The van der Waals surface area contributed by atoms with Gasteiger partial charge in [-0.15, -0.1) is 0 Å². The zero-order valence-electron chi connectivity index (χ0n) is 11.6. The first-order valence-electron chi connectivity index (χ1n) is 6.01. The molecule has 0 aromatic heterocycles. The van der Waals surface area contributed by atoms with E-state index in [0.29, 0.717) is 13.0 Å². The Kier molecular flexibility index (Phi) is 4.56. The lowest BCUT2D eigenvalue weighted by atomic mass is 10.1. The minimum Gasteiger partial charge on any atom is -0.468 e. The molecule has 18 heavy (non-hydrogen) atoms. The number of methoxy groups -OCH3 is 1. The zero-order chi connectivity index (χ0) is 13.9. The highest BCUT2D eigenvalue weighted by atomic mass is 16.6. The standard InChI is InChI=1S/C12H22N2O4/c1-12(2,3)18-11(16)14(4)8-6-9(13-7-8)10(15)17-5/h8-9,13H,6-7H2,1-5H3. The second kappa shape index (κ2) is 5.56. The van der Waals surface area contributed by atoms with Crippen LogP contribution in [0.25, 0.3) is 0 Å². The van der Waals surface area contributed by atoms with E-state index in [2.05, 4.69) is 10.1 Å². The molecule has 1 N–H and O–H groups in total. The van der Waals surface area contributed by atoms with Gasteiger partial charge >= 0.3 is 12.1 Å². The van der Waals surface area contributed by atoms with Crippen LogP contribution in [0.4, 0.5) is 4.79 Å². The fourth-order valence-corrected chi connectivity index (χ4v) is 1.82. The molecular weight excluding hydrogens is 236 g/mol. The van der Waals surface area contributed by atoms with Gasteiger partial charge in [0.1, 0.15) is 11.6 Å². The Hall–Kier alpha value is -1.30. The Balaban J connectivity index is 2.52. The first-order valence-corrected chi connectivity index (χ1v) is 6.01. The first kappa shape index (κ1) is 14.8. The molecule has 2 unspecified atom stereocenters. The number of ether oxygens (including phenoxy) is 2. The van der Waals surface area contributed by atoms with Crippen molar-refractivity contribution in [2.45, 2.75) is 44.9 Å². The Morgan fingerprint density at radius 1 is 1.33 bits per heavy atom. The van der Waals surface area contributed by atoms with E-state index in [0.717, 1.165) is 0 Å². The average molecular weight is 258 g/mol. The maximum Gasteiger partial charge on any atom is 0.410 e. The molecule has 1 heterocycles. The molecule has 0 aliphatic carbocycles. The van der Waals surface area contributed by atoms with E-state index >= 15 is 0 Å². The highest BCUT2D eigenvalue weighted by molar-refractivity contribution is 5.76. The van der Waals surface area contributed by atoms with Crippen LogP contribution in [0.15, 0.2) is 0 Å². The average Bonchev–Trinajstić information content (AvgIpc) is 2.73. The third kappa shape index (κ3) is 3.87. The Morgan fingerprint density at radius 3 is 2.44 bits per heavy atom. The number of hydrogen-bond donors (Lipinski definition) is 1. The number of carbonyl (C=O) groups excluding carboxylic acids is 2. The highest BCUT2D eigenvalue weighted by Crippen LogP contribution is 2.16. The molecule has 1 aliphatic rings.